The molecule has 4 nitrogen and oxygen atoms in total. The van der Waals surface area contributed by atoms with Gasteiger partial charge < -0.3 is 10.2 Å². The minimum atomic E-state index is 0.164. The van der Waals surface area contributed by atoms with Crippen molar-refractivity contribution in [3.8, 4) is 0 Å². The van der Waals surface area contributed by atoms with E-state index >= 15 is 0 Å². The van der Waals surface area contributed by atoms with Gasteiger partial charge >= 0.3 is 0 Å². The van der Waals surface area contributed by atoms with Gasteiger partial charge in [0.25, 0.3) is 5.91 Å². The summed E-state index contributed by atoms with van der Waals surface area (Å²) in [5, 5.41) is 3.24. The third-order valence-corrected chi connectivity index (χ3v) is 5.00. The summed E-state index contributed by atoms with van der Waals surface area (Å²) in [6, 6.07) is 1.84. The predicted octanol–water partition coefficient (Wildman–Crippen LogP) is 3.17. The van der Waals surface area contributed by atoms with Gasteiger partial charge in [-0.2, -0.15) is 0 Å². The average Bonchev–Trinajstić information content (AvgIpc) is 2.54. The molecule has 1 amide bonds. The van der Waals surface area contributed by atoms with Crippen molar-refractivity contribution in [2.24, 2.45) is 11.8 Å². The molecule has 1 saturated carbocycles. The molecular weight excluding hydrogens is 262 g/mol. The van der Waals surface area contributed by atoms with Crippen LogP contribution in [0, 0.1) is 11.8 Å². The number of amides is 1. The fourth-order valence-corrected chi connectivity index (χ4v) is 3.87. The summed E-state index contributed by atoms with van der Waals surface area (Å²) in [5.41, 5.74) is 1.62. The number of pyridine rings is 1. The molecule has 0 aromatic carbocycles. The number of aromatic nitrogens is 1. The average molecular weight is 287 g/mol. The van der Waals surface area contributed by atoms with Crippen LogP contribution >= 0.6 is 0 Å². The number of hydrogen-bond donors (Lipinski definition) is 1. The fourth-order valence-electron chi connectivity index (χ4n) is 3.87. The molecule has 114 valence electrons. The van der Waals surface area contributed by atoms with Gasteiger partial charge in [0.05, 0.1) is 17.4 Å². The van der Waals surface area contributed by atoms with Crippen LogP contribution in [0.1, 0.15) is 49.4 Å². The molecule has 2 atom stereocenters. The topological polar surface area (TPSA) is 45.2 Å². The summed E-state index contributed by atoms with van der Waals surface area (Å²) in [5.74, 6) is 1.74. The highest BCUT2D eigenvalue weighted by molar-refractivity contribution is 5.99. The van der Waals surface area contributed by atoms with Crippen molar-refractivity contribution in [3.63, 3.8) is 0 Å². The van der Waals surface area contributed by atoms with E-state index < -0.39 is 0 Å². The van der Waals surface area contributed by atoms with E-state index in [0.717, 1.165) is 42.7 Å². The monoisotopic (exact) mass is 287 g/mol. The van der Waals surface area contributed by atoms with Gasteiger partial charge in [0.1, 0.15) is 0 Å². The van der Waals surface area contributed by atoms with E-state index in [4.69, 9.17) is 0 Å². The maximum atomic E-state index is 12.8. The Morgan fingerprint density at radius 3 is 2.95 bits per heavy atom. The van der Waals surface area contributed by atoms with E-state index in [-0.39, 0.29) is 5.91 Å². The second-order valence-electron chi connectivity index (χ2n) is 6.30. The third kappa shape index (κ3) is 3.04. The van der Waals surface area contributed by atoms with Crippen LogP contribution in [0.3, 0.4) is 0 Å². The highest BCUT2D eigenvalue weighted by Crippen LogP contribution is 2.36. The van der Waals surface area contributed by atoms with Crippen LogP contribution < -0.4 is 5.32 Å². The Hall–Kier alpha value is -1.58. The Bertz CT molecular complexity index is 503. The van der Waals surface area contributed by atoms with Crippen molar-refractivity contribution >= 4 is 11.6 Å². The van der Waals surface area contributed by atoms with E-state index in [0.29, 0.717) is 0 Å². The second kappa shape index (κ2) is 6.46. The largest absolute Gasteiger partial charge is 0.383 e. The van der Waals surface area contributed by atoms with E-state index in [1.54, 1.807) is 12.4 Å². The number of anilines is 1. The van der Waals surface area contributed by atoms with Crippen LogP contribution in [0.15, 0.2) is 18.5 Å². The van der Waals surface area contributed by atoms with Crippen molar-refractivity contribution < 1.29 is 4.79 Å². The molecule has 2 heterocycles. The first kappa shape index (κ1) is 14.4. The maximum absolute atomic E-state index is 12.8. The van der Waals surface area contributed by atoms with Gasteiger partial charge in [0, 0.05) is 25.8 Å². The zero-order valence-corrected chi connectivity index (χ0v) is 12.8. The Kier molecular flexibility index (Phi) is 4.42. The van der Waals surface area contributed by atoms with Crippen LogP contribution in [0.4, 0.5) is 5.69 Å². The predicted molar refractivity (Wildman–Crippen MR) is 84.4 cm³/mol. The van der Waals surface area contributed by atoms with E-state index in [2.05, 4.69) is 15.2 Å². The van der Waals surface area contributed by atoms with Crippen LogP contribution in [0.5, 0.6) is 0 Å². The first-order chi connectivity index (χ1) is 10.3. The molecule has 0 radical (unpaired) electrons. The molecule has 1 saturated heterocycles. The molecule has 0 spiro atoms. The van der Waals surface area contributed by atoms with Crippen molar-refractivity contribution in [3.05, 3.63) is 24.0 Å². The van der Waals surface area contributed by atoms with Gasteiger partial charge in [-0.3, -0.25) is 9.78 Å². The quantitative estimate of drug-likeness (QED) is 0.928. The summed E-state index contributed by atoms with van der Waals surface area (Å²) >= 11 is 0. The minimum Gasteiger partial charge on any atom is -0.383 e. The van der Waals surface area contributed by atoms with Crippen LogP contribution in [-0.2, 0) is 0 Å². The van der Waals surface area contributed by atoms with Crippen molar-refractivity contribution in [1.29, 1.82) is 0 Å². The number of nitrogens with one attached hydrogen (secondary N) is 1. The minimum absolute atomic E-state index is 0.164. The first-order valence-corrected chi connectivity index (χ1v) is 8.26. The Balaban J connectivity index is 1.73. The van der Waals surface area contributed by atoms with Crippen molar-refractivity contribution in [2.45, 2.75) is 39.0 Å². The van der Waals surface area contributed by atoms with Crippen LogP contribution in [0.2, 0.25) is 0 Å². The number of likely N-dealkylation sites (tertiary alicyclic amines) is 1. The first-order valence-electron chi connectivity index (χ1n) is 8.26. The molecule has 1 N–H and O–H groups in total. The number of piperidine rings is 1. The van der Waals surface area contributed by atoms with Gasteiger partial charge in [-0.1, -0.05) is 19.3 Å². The lowest BCUT2D eigenvalue weighted by Crippen LogP contribution is -2.44. The Labute approximate surface area is 126 Å². The maximum Gasteiger partial charge on any atom is 0.256 e. The lowest BCUT2D eigenvalue weighted by molar-refractivity contribution is 0.0521. The van der Waals surface area contributed by atoms with Crippen molar-refractivity contribution in [2.75, 3.05) is 25.0 Å². The van der Waals surface area contributed by atoms with E-state index in [1.807, 2.05) is 13.0 Å². The molecule has 1 aromatic heterocycles. The van der Waals surface area contributed by atoms with Gasteiger partial charge in [0.15, 0.2) is 0 Å². The number of carbonyl (C=O) groups excluding carboxylic acids is 1. The molecule has 0 bridgehead atoms. The van der Waals surface area contributed by atoms with Gasteiger partial charge in [0.2, 0.25) is 0 Å². The van der Waals surface area contributed by atoms with E-state index in [1.165, 1.54) is 32.1 Å². The van der Waals surface area contributed by atoms with Gasteiger partial charge in [-0.15, -0.1) is 0 Å². The Morgan fingerprint density at radius 2 is 2.14 bits per heavy atom. The highest BCUT2D eigenvalue weighted by Gasteiger charge is 2.33. The summed E-state index contributed by atoms with van der Waals surface area (Å²) in [7, 11) is 0. The Morgan fingerprint density at radius 1 is 1.33 bits per heavy atom. The highest BCUT2D eigenvalue weighted by atomic mass is 16.2. The zero-order valence-electron chi connectivity index (χ0n) is 12.8. The van der Waals surface area contributed by atoms with Gasteiger partial charge in [-0.05, 0) is 37.7 Å². The lowest BCUT2D eigenvalue weighted by atomic mass is 9.75. The van der Waals surface area contributed by atoms with E-state index in [9.17, 15) is 4.79 Å². The number of rotatable bonds is 3. The molecule has 1 aliphatic heterocycles. The lowest BCUT2D eigenvalue weighted by Gasteiger charge is -2.41. The summed E-state index contributed by atoms with van der Waals surface area (Å²) in [6.45, 7) is 4.69. The third-order valence-electron chi connectivity index (χ3n) is 5.00. The van der Waals surface area contributed by atoms with Crippen molar-refractivity contribution in [1.82, 2.24) is 9.88 Å². The number of fused-ring (bicyclic) bond motifs is 1. The number of nitrogens with zero attached hydrogens (tertiary/aromatic N) is 2. The molecule has 2 unspecified atom stereocenters. The summed E-state index contributed by atoms with van der Waals surface area (Å²) in [4.78, 5) is 19.0. The molecule has 2 fully saturated rings. The van der Waals surface area contributed by atoms with Crippen LogP contribution in [0.25, 0.3) is 0 Å². The number of carbonyl (C=O) groups is 1. The van der Waals surface area contributed by atoms with Gasteiger partial charge in [-0.25, -0.2) is 0 Å². The normalized spacial score (nSPS) is 25.3. The molecule has 3 rings (SSSR count). The molecule has 21 heavy (non-hydrogen) atoms. The molecule has 2 aliphatic rings. The summed E-state index contributed by atoms with van der Waals surface area (Å²) < 4.78 is 0. The molecular formula is C17H25N3O. The SMILES string of the molecule is CCNc1cnccc1C(=O)N1CCC2CCCCC2C1. The van der Waals surface area contributed by atoms with Crippen LogP contribution in [-0.4, -0.2) is 35.4 Å². The second-order valence-corrected chi connectivity index (χ2v) is 6.30. The molecule has 1 aliphatic carbocycles. The standard InChI is InChI=1S/C17H25N3O/c1-2-19-16-11-18-9-7-15(16)17(21)20-10-8-13-5-3-4-6-14(13)12-20/h7,9,11,13-14,19H,2-6,8,10,12H2,1H3. The molecule has 1 aromatic rings. The summed E-state index contributed by atoms with van der Waals surface area (Å²) in [6.07, 6.45) is 10.0. The molecule has 4 heteroatoms. The number of hydrogen-bond acceptors (Lipinski definition) is 3. The smallest absolute Gasteiger partial charge is 0.256 e. The zero-order chi connectivity index (χ0) is 14.7. The fraction of sp³-hybridized carbons (Fsp3) is 0.647.